The number of benzene rings is 3. The van der Waals surface area contributed by atoms with Crippen molar-refractivity contribution in [3.8, 4) is 11.5 Å². The summed E-state index contributed by atoms with van der Waals surface area (Å²) in [5, 5.41) is 12.3. The van der Waals surface area contributed by atoms with Crippen molar-refractivity contribution < 1.29 is 19.4 Å². The van der Waals surface area contributed by atoms with E-state index in [1.807, 2.05) is 0 Å². The average molecular weight is 484 g/mol. The predicted molar refractivity (Wildman–Crippen MR) is 128 cm³/mol. The van der Waals surface area contributed by atoms with Crippen LogP contribution >= 0.6 is 23.2 Å². The highest BCUT2D eigenvalue weighted by Gasteiger charge is 2.24. The predicted octanol–water partition coefficient (Wildman–Crippen LogP) is 5.89. The monoisotopic (exact) mass is 483 g/mol. The number of aromatic nitrogens is 1. The Balaban J connectivity index is 1.91. The number of carbonyl (C=O) groups is 1. The van der Waals surface area contributed by atoms with Gasteiger partial charge in [0.25, 0.3) is 5.56 Å². The van der Waals surface area contributed by atoms with Crippen LogP contribution in [0.3, 0.4) is 0 Å². The van der Waals surface area contributed by atoms with Gasteiger partial charge in [0.1, 0.15) is 11.9 Å². The van der Waals surface area contributed by atoms with Gasteiger partial charge in [0.05, 0.1) is 12.1 Å². The molecular formula is C25H19Cl2NO5. The van der Waals surface area contributed by atoms with Crippen LogP contribution in [0.4, 0.5) is 0 Å². The number of aliphatic hydroxyl groups is 1. The van der Waals surface area contributed by atoms with Gasteiger partial charge in [0.2, 0.25) is 0 Å². The molecule has 0 aliphatic rings. The minimum Gasteiger partial charge on any atom is -0.462 e. The highest BCUT2D eigenvalue weighted by molar-refractivity contribution is 6.30. The molecule has 1 unspecified atom stereocenters. The second-order valence-electron chi connectivity index (χ2n) is 7.20. The Hall–Kier alpha value is -3.32. The van der Waals surface area contributed by atoms with E-state index in [2.05, 4.69) is 4.98 Å². The van der Waals surface area contributed by atoms with E-state index < -0.39 is 17.6 Å². The molecule has 4 rings (SSSR count). The Bertz CT molecular complexity index is 1380. The summed E-state index contributed by atoms with van der Waals surface area (Å²) in [6.07, 6.45) is -0.969. The fraction of sp³-hybridized carbons (Fsp3) is 0.120. The van der Waals surface area contributed by atoms with E-state index >= 15 is 0 Å². The topological polar surface area (TPSA) is 88.6 Å². The van der Waals surface area contributed by atoms with Gasteiger partial charge in [-0.1, -0.05) is 47.5 Å². The molecule has 1 atom stereocenters. The largest absolute Gasteiger partial charge is 0.462 e. The molecule has 2 N–H and O–H groups in total. The van der Waals surface area contributed by atoms with Crippen LogP contribution in [0.15, 0.2) is 71.5 Å². The molecule has 168 valence electrons. The number of esters is 1. The minimum atomic E-state index is -0.969. The first kappa shape index (κ1) is 22.9. The molecular weight excluding hydrogens is 465 g/mol. The van der Waals surface area contributed by atoms with Crippen molar-refractivity contribution in [2.24, 2.45) is 0 Å². The quantitative estimate of drug-likeness (QED) is 0.334. The number of aromatic amines is 1. The van der Waals surface area contributed by atoms with E-state index in [4.69, 9.17) is 32.7 Å². The van der Waals surface area contributed by atoms with Crippen molar-refractivity contribution >= 4 is 40.1 Å². The van der Waals surface area contributed by atoms with E-state index in [9.17, 15) is 14.7 Å². The molecule has 6 nitrogen and oxygen atoms in total. The van der Waals surface area contributed by atoms with Crippen LogP contribution in [0.5, 0.6) is 11.5 Å². The molecule has 0 bridgehead atoms. The van der Waals surface area contributed by atoms with E-state index in [0.29, 0.717) is 37.8 Å². The number of ether oxygens (including phenoxy) is 2. The molecule has 4 aromatic rings. The number of rotatable bonds is 6. The summed E-state index contributed by atoms with van der Waals surface area (Å²) in [6.45, 7) is 1.73. The molecule has 8 heteroatoms. The number of H-pyrrole nitrogens is 1. The highest BCUT2D eigenvalue weighted by Crippen LogP contribution is 2.35. The number of hydrogen-bond acceptors (Lipinski definition) is 5. The standard InChI is InChI=1S/C25H19Cl2NO5/c1-2-32-25(31)21-23(33-18-5-3-4-17(27)13-18)19-12-15(8-11-20(19)28-24(21)30)22(29)14-6-9-16(26)10-7-14/h3-13,22,29H,2H2,1H3,(H,28,30). The van der Waals surface area contributed by atoms with Gasteiger partial charge in [0, 0.05) is 15.4 Å². The Morgan fingerprint density at radius 3 is 2.42 bits per heavy atom. The lowest BCUT2D eigenvalue weighted by molar-refractivity contribution is 0.0521. The summed E-state index contributed by atoms with van der Waals surface area (Å²) in [5.74, 6) is -0.468. The molecule has 1 aromatic heterocycles. The zero-order valence-corrected chi connectivity index (χ0v) is 19.0. The molecule has 1 heterocycles. The van der Waals surface area contributed by atoms with Crippen LogP contribution in [0.25, 0.3) is 10.9 Å². The molecule has 33 heavy (non-hydrogen) atoms. The third-order valence-corrected chi connectivity index (χ3v) is 5.47. The molecule has 0 radical (unpaired) electrons. The summed E-state index contributed by atoms with van der Waals surface area (Å²) >= 11 is 12.0. The van der Waals surface area contributed by atoms with Gasteiger partial charge < -0.3 is 19.6 Å². The highest BCUT2D eigenvalue weighted by atomic mass is 35.5. The molecule has 0 aliphatic carbocycles. The molecule has 0 aliphatic heterocycles. The second kappa shape index (κ2) is 9.67. The number of aliphatic hydroxyl groups excluding tert-OH is 1. The van der Waals surface area contributed by atoms with Crippen LogP contribution in [0.1, 0.15) is 34.5 Å². The summed E-state index contributed by atoms with van der Waals surface area (Å²) in [4.78, 5) is 28.1. The number of hydrogen-bond donors (Lipinski definition) is 2. The van der Waals surface area contributed by atoms with Crippen LogP contribution in [-0.2, 0) is 4.74 Å². The zero-order chi connectivity index (χ0) is 23.5. The first-order chi connectivity index (χ1) is 15.9. The van der Waals surface area contributed by atoms with Gasteiger partial charge in [-0.15, -0.1) is 0 Å². The molecule has 3 aromatic carbocycles. The van der Waals surface area contributed by atoms with Gasteiger partial charge >= 0.3 is 5.97 Å². The molecule has 0 saturated heterocycles. The first-order valence-corrected chi connectivity index (χ1v) is 10.9. The molecule has 0 saturated carbocycles. The van der Waals surface area contributed by atoms with Crippen molar-refractivity contribution in [1.82, 2.24) is 4.98 Å². The van der Waals surface area contributed by atoms with Gasteiger partial charge in [0.15, 0.2) is 11.3 Å². The smallest absolute Gasteiger partial charge is 0.347 e. The summed E-state index contributed by atoms with van der Waals surface area (Å²) in [6, 6.07) is 18.4. The average Bonchev–Trinajstić information content (AvgIpc) is 2.79. The lowest BCUT2D eigenvalue weighted by Crippen LogP contribution is -2.21. The maximum absolute atomic E-state index is 12.8. The van der Waals surface area contributed by atoms with Crippen LogP contribution < -0.4 is 10.3 Å². The molecule has 0 amide bonds. The molecule has 0 fully saturated rings. The second-order valence-corrected chi connectivity index (χ2v) is 8.07. The zero-order valence-electron chi connectivity index (χ0n) is 17.5. The number of halogens is 2. The molecule has 0 spiro atoms. The number of carbonyl (C=O) groups excluding carboxylic acids is 1. The fourth-order valence-electron chi connectivity index (χ4n) is 3.43. The minimum absolute atomic E-state index is 0.0135. The number of nitrogens with one attached hydrogen (secondary N) is 1. The van der Waals surface area contributed by atoms with Gasteiger partial charge in [-0.3, -0.25) is 4.79 Å². The maximum atomic E-state index is 12.8. The van der Waals surface area contributed by atoms with Crippen LogP contribution in [-0.4, -0.2) is 22.7 Å². The fourth-order valence-corrected chi connectivity index (χ4v) is 3.74. The Morgan fingerprint density at radius 1 is 1.00 bits per heavy atom. The van der Waals surface area contributed by atoms with Gasteiger partial charge in [-0.05, 0) is 60.5 Å². The van der Waals surface area contributed by atoms with Crippen molar-refractivity contribution in [1.29, 1.82) is 0 Å². The van der Waals surface area contributed by atoms with Gasteiger partial charge in [-0.2, -0.15) is 0 Å². The summed E-state index contributed by atoms with van der Waals surface area (Å²) in [5.41, 5.74) is 0.664. The normalized spacial score (nSPS) is 11.9. The third kappa shape index (κ3) is 4.88. The Labute approximate surface area is 199 Å². The number of fused-ring (bicyclic) bond motifs is 1. The van der Waals surface area contributed by atoms with Crippen LogP contribution in [0.2, 0.25) is 10.0 Å². The van der Waals surface area contributed by atoms with Crippen molar-refractivity contribution in [3.05, 3.63) is 104 Å². The van der Waals surface area contributed by atoms with E-state index in [1.54, 1.807) is 73.7 Å². The SMILES string of the molecule is CCOC(=O)c1c(Oc2cccc(Cl)c2)c2cc(C(O)c3ccc(Cl)cc3)ccc2[nH]c1=O. The van der Waals surface area contributed by atoms with E-state index in [1.165, 1.54) is 0 Å². The van der Waals surface area contributed by atoms with Crippen molar-refractivity contribution in [2.45, 2.75) is 13.0 Å². The maximum Gasteiger partial charge on any atom is 0.347 e. The Morgan fingerprint density at radius 2 is 1.73 bits per heavy atom. The van der Waals surface area contributed by atoms with Crippen molar-refractivity contribution in [2.75, 3.05) is 6.61 Å². The van der Waals surface area contributed by atoms with Crippen molar-refractivity contribution in [3.63, 3.8) is 0 Å². The lowest BCUT2D eigenvalue weighted by Gasteiger charge is -2.16. The first-order valence-electron chi connectivity index (χ1n) is 10.1. The third-order valence-electron chi connectivity index (χ3n) is 4.99. The number of pyridine rings is 1. The Kier molecular flexibility index (Phi) is 6.70. The van der Waals surface area contributed by atoms with Gasteiger partial charge in [-0.25, -0.2) is 4.79 Å². The lowest BCUT2D eigenvalue weighted by atomic mass is 9.99. The van der Waals surface area contributed by atoms with E-state index in [0.717, 1.165) is 0 Å². The van der Waals surface area contributed by atoms with Crippen LogP contribution in [0, 0.1) is 0 Å². The summed E-state index contributed by atoms with van der Waals surface area (Å²) < 4.78 is 11.1. The van der Waals surface area contributed by atoms with E-state index in [-0.39, 0.29) is 17.9 Å². The summed E-state index contributed by atoms with van der Waals surface area (Å²) in [7, 11) is 0.